The molecule has 1 N–H and O–H groups in total. The Labute approximate surface area is 140 Å². The highest BCUT2D eigenvalue weighted by molar-refractivity contribution is 5.98. The third-order valence-corrected chi connectivity index (χ3v) is 4.33. The summed E-state index contributed by atoms with van der Waals surface area (Å²) in [6, 6.07) is 4.48. The molecular formula is C16H16F5NO3. The molecule has 0 amide bonds. The maximum absolute atomic E-state index is 12.9. The van der Waals surface area contributed by atoms with Crippen LogP contribution in [0, 0.1) is 5.92 Å². The second kappa shape index (κ2) is 6.53. The van der Waals surface area contributed by atoms with Crippen LogP contribution in [0.5, 0.6) is 5.75 Å². The molecule has 3 rings (SSSR count). The van der Waals surface area contributed by atoms with Gasteiger partial charge in [0, 0.05) is 23.6 Å². The molecule has 2 bridgehead atoms. The number of ketones is 1. The van der Waals surface area contributed by atoms with E-state index in [4.69, 9.17) is 4.74 Å². The molecule has 9 heteroatoms. The molecule has 2 aliphatic rings. The van der Waals surface area contributed by atoms with E-state index in [1.165, 1.54) is 12.1 Å². The lowest BCUT2D eigenvalue weighted by Crippen LogP contribution is -2.55. The van der Waals surface area contributed by atoms with Crippen LogP contribution in [0.25, 0.3) is 0 Å². The average molecular weight is 365 g/mol. The molecule has 0 spiro atoms. The van der Waals surface area contributed by atoms with E-state index < -0.39 is 18.0 Å². The van der Waals surface area contributed by atoms with Crippen LogP contribution in [0.4, 0.5) is 22.0 Å². The van der Waals surface area contributed by atoms with Crippen LogP contribution < -0.4 is 10.1 Å². The first-order chi connectivity index (χ1) is 11.7. The van der Waals surface area contributed by atoms with Gasteiger partial charge in [-0.2, -0.15) is 22.0 Å². The van der Waals surface area contributed by atoms with Gasteiger partial charge in [0.25, 0.3) is 0 Å². The Kier molecular flexibility index (Phi) is 4.72. The molecule has 0 aromatic heterocycles. The van der Waals surface area contributed by atoms with E-state index >= 15 is 0 Å². The normalized spacial score (nSPS) is 27.0. The molecule has 2 saturated heterocycles. The van der Waals surface area contributed by atoms with Crippen molar-refractivity contribution >= 4 is 5.78 Å². The highest BCUT2D eigenvalue weighted by Crippen LogP contribution is 2.37. The van der Waals surface area contributed by atoms with Gasteiger partial charge in [-0.3, -0.25) is 4.79 Å². The van der Waals surface area contributed by atoms with Crippen molar-refractivity contribution in [2.75, 3.05) is 13.2 Å². The van der Waals surface area contributed by atoms with Crippen molar-refractivity contribution in [3.8, 4) is 5.75 Å². The van der Waals surface area contributed by atoms with Gasteiger partial charge in [0.2, 0.25) is 0 Å². The van der Waals surface area contributed by atoms with Crippen LogP contribution in [0.2, 0.25) is 0 Å². The van der Waals surface area contributed by atoms with Crippen LogP contribution in [0.15, 0.2) is 24.3 Å². The van der Waals surface area contributed by atoms with E-state index in [1.807, 2.05) is 0 Å². The number of carbonyl (C=O) groups excluding carboxylic acids is 1. The number of piperidine rings is 1. The largest absolute Gasteiger partial charge is 0.499 e. The van der Waals surface area contributed by atoms with Gasteiger partial charge < -0.3 is 14.8 Å². The van der Waals surface area contributed by atoms with Gasteiger partial charge in [0.05, 0.1) is 13.2 Å². The Balaban J connectivity index is 1.67. The van der Waals surface area contributed by atoms with Gasteiger partial charge in [-0.15, -0.1) is 0 Å². The first-order valence-electron chi connectivity index (χ1n) is 7.77. The number of alkyl halides is 5. The van der Waals surface area contributed by atoms with Gasteiger partial charge in [-0.1, -0.05) is 0 Å². The summed E-state index contributed by atoms with van der Waals surface area (Å²) < 4.78 is 71.3. The zero-order valence-corrected chi connectivity index (χ0v) is 13.0. The fourth-order valence-corrected chi connectivity index (χ4v) is 3.18. The number of ether oxygens (including phenoxy) is 2. The second-order valence-corrected chi connectivity index (χ2v) is 6.27. The van der Waals surface area contributed by atoms with E-state index in [0.717, 1.165) is 12.1 Å². The number of benzene rings is 1. The maximum Gasteiger partial charge on any atom is 0.499 e. The van der Waals surface area contributed by atoms with Crippen molar-refractivity contribution in [1.29, 1.82) is 0 Å². The first-order valence-corrected chi connectivity index (χ1v) is 7.77. The molecule has 1 aromatic rings. The maximum atomic E-state index is 12.9. The molecule has 2 heterocycles. The number of morpholine rings is 1. The third kappa shape index (κ3) is 3.92. The molecule has 2 atom stereocenters. The zero-order valence-electron chi connectivity index (χ0n) is 13.0. The minimum Gasteiger partial charge on any atom is -0.426 e. The minimum absolute atomic E-state index is 0.0922. The monoisotopic (exact) mass is 365 g/mol. The van der Waals surface area contributed by atoms with E-state index in [-0.39, 0.29) is 29.3 Å². The number of carbonyl (C=O) groups is 1. The van der Waals surface area contributed by atoms with Gasteiger partial charge >= 0.3 is 12.3 Å². The molecule has 25 heavy (non-hydrogen) atoms. The molecule has 138 valence electrons. The van der Waals surface area contributed by atoms with Crippen LogP contribution in [0.1, 0.15) is 23.2 Å². The summed E-state index contributed by atoms with van der Waals surface area (Å²) in [4.78, 5) is 12.5. The molecule has 4 nitrogen and oxygen atoms in total. The number of hydrogen-bond acceptors (Lipinski definition) is 4. The summed E-state index contributed by atoms with van der Waals surface area (Å²) in [5.41, 5.74) is 0.258. The molecule has 2 aliphatic heterocycles. The standard InChI is InChI=1S/C16H16F5NO3/c17-15(18,19)16(20,21)25-13-3-1-9(2-4-13)14(23)10-5-11-7-24-8-12(6-10)22-11/h1-4,10-12,22H,5-8H2. The van der Waals surface area contributed by atoms with Crippen molar-refractivity contribution in [2.24, 2.45) is 5.92 Å². The number of halogens is 5. The summed E-state index contributed by atoms with van der Waals surface area (Å²) in [6.45, 7) is 1.05. The molecule has 0 radical (unpaired) electrons. The van der Waals surface area contributed by atoms with Crippen molar-refractivity contribution in [2.45, 2.75) is 37.2 Å². The van der Waals surface area contributed by atoms with E-state index in [0.29, 0.717) is 26.1 Å². The van der Waals surface area contributed by atoms with Crippen LogP contribution in [0.3, 0.4) is 0 Å². The summed E-state index contributed by atoms with van der Waals surface area (Å²) in [7, 11) is 0. The summed E-state index contributed by atoms with van der Waals surface area (Å²) >= 11 is 0. The highest BCUT2D eigenvalue weighted by Gasteiger charge is 2.61. The van der Waals surface area contributed by atoms with Gasteiger partial charge in [-0.25, -0.2) is 0 Å². The Morgan fingerprint density at radius 1 is 1.04 bits per heavy atom. The predicted molar refractivity (Wildman–Crippen MR) is 76.7 cm³/mol. The number of fused-ring (bicyclic) bond motifs is 2. The summed E-state index contributed by atoms with van der Waals surface area (Å²) in [5.74, 6) is -1.05. The lowest BCUT2D eigenvalue weighted by Gasteiger charge is -2.39. The molecule has 0 saturated carbocycles. The number of Topliss-reactive ketones (excluding diaryl/α,β-unsaturated/α-hetero) is 1. The molecular weight excluding hydrogens is 349 g/mol. The Morgan fingerprint density at radius 2 is 1.60 bits per heavy atom. The van der Waals surface area contributed by atoms with Crippen LogP contribution >= 0.6 is 0 Å². The summed E-state index contributed by atoms with van der Waals surface area (Å²) in [6.07, 6.45) is -9.90. The molecule has 0 aliphatic carbocycles. The number of nitrogens with one attached hydrogen (secondary N) is 1. The van der Waals surface area contributed by atoms with Gasteiger partial charge in [0.1, 0.15) is 5.75 Å². The Morgan fingerprint density at radius 3 is 2.12 bits per heavy atom. The van der Waals surface area contributed by atoms with E-state index in [2.05, 4.69) is 10.1 Å². The zero-order chi connectivity index (χ0) is 18.2. The first kappa shape index (κ1) is 18.1. The lowest BCUT2D eigenvalue weighted by molar-refractivity contribution is -0.360. The topological polar surface area (TPSA) is 47.6 Å². The fraction of sp³-hybridized carbons (Fsp3) is 0.562. The van der Waals surface area contributed by atoms with Crippen LogP contribution in [-0.2, 0) is 4.74 Å². The number of rotatable bonds is 4. The third-order valence-electron chi connectivity index (χ3n) is 4.33. The van der Waals surface area contributed by atoms with Gasteiger partial charge in [0.15, 0.2) is 5.78 Å². The molecule has 2 unspecified atom stereocenters. The van der Waals surface area contributed by atoms with E-state index in [1.54, 1.807) is 0 Å². The Hall–Kier alpha value is -1.74. The van der Waals surface area contributed by atoms with Crippen molar-refractivity contribution in [3.63, 3.8) is 0 Å². The molecule has 2 fully saturated rings. The quantitative estimate of drug-likeness (QED) is 0.658. The minimum atomic E-state index is -5.81. The van der Waals surface area contributed by atoms with Crippen molar-refractivity contribution in [1.82, 2.24) is 5.32 Å². The number of hydrogen-bond donors (Lipinski definition) is 1. The smallest absolute Gasteiger partial charge is 0.426 e. The SMILES string of the molecule is O=C(c1ccc(OC(F)(F)C(F)(F)F)cc1)C1CC2COCC(C1)N2. The average Bonchev–Trinajstić information content (AvgIpc) is 2.53. The van der Waals surface area contributed by atoms with Gasteiger partial charge in [-0.05, 0) is 37.1 Å². The lowest BCUT2D eigenvalue weighted by atomic mass is 9.82. The molecule has 1 aromatic carbocycles. The van der Waals surface area contributed by atoms with Crippen molar-refractivity contribution in [3.05, 3.63) is 29.8 Å². The predicted octanol–water partition coefficient (Wildman–Crippen LogP) is 3.17. The second-order valence-electron chi connectivity index (χ2n) is 6.27. The van der Waals surface area contributed by atoms with Crippen LogP contribution in [-0.4, -0.2) is 43.4 Å². The summed E-state index contributed by atoms with van der Waals surface area (Å²) in [5, 5.41) is 3.35. The highest BCUT2D eigenvalue weighted by atomic mass is 19.4. The fourth-order valence-electron chi connectivity index (χ4n) is 3.18. The Bertz CT molecular complexity index is 620. The van der Waals surface area contributed by atoms with Crippen molar-refractivity contribution < 1.29 is 36.2 Å². The van der Waals surface area contributed by atoms with E-state index in [9.17, 15) is 26.7 Å².